The summed E-state index contributed by atoms with van der Waals surface area (Å²) in [6.07, 6.45) is 8.36. The van der Waals surface area contributed by atoms with Crippen molar-refractivity contribution in [3.05, 3.63) is 47.7 Å². The molecule has 0 saturated carbocycles. The molecule has 5 nitrogen and oxygen atoms in total. The van der Waals surface area contributed by atoms with Crippen LogP contribution in [0.4, 0.5) is 0 Å². The van der Waals surface area contributed by atoms with E-state index in [1.54, 1.807) is 0 Å². The molecule has 0 atom stereocenters. The van der Waals surface area contributed by atoms with E-state index in [0.29, 0.717) is 6.04 Å². The minimum absolute atomic E-state index is 0.474. The zero-order valence-corrected chi connectivity index (χ0v) is 16.4. The highest BCUT2D eigenvalue weighted by Gasteiger charge is 2.23. The smallest absolute Gasteiger partial charge is 0.151 e. The number of likely N-dealkylation sites (tertiary alicyclic amines) is 1. The monoisotopic (exact) mass is 369 g/mol. The number of aromatic amines is 1. The molecule has 1 aromatic carbocycles. The van der Waals surface area contributed by atoms with Gasteiger partial charge in [-0.2, -0.15) is 16.9 Å². The second kappa shape index (κ2) is 7.84. The van der Waals surface area contributed by atoms with Crippen LogP contribution in [0.2, 0.25) is 0 Å². The fraction of sp³-hybridized carbons (Fsp3) is 0.500. The van der Waals surface area contributed by atoms with Gasteiger partial charge in [-0.1, -0.05) is 18.2 Å². The Morgan fingerprint density at radius 1 is 1.23 bits per heavy atom. The summed E-state index contributed by atoms with van der Waals surface area (Å²) in [6, 6.07) is 8.97. The molecule has 0 amide bonds. The van der Waals surface area contributed by atoms with Crippen molar-refractivity contribution >= 4 is 22.7 Å². The lowest BCUT2D eigenvalue weighted by Gasteiger charge is -2.29. The molecule has 1 N–H and O–H groups in total. The van der Waals surface area contributed by atoms with Crippen LogP contribution < -0.4 is 0 Å². The van der Waals surface area contributed by atoms with E-state index in [9.17, 15) is 0 Å². The Hall–Kier alpha value is -1.79. The Bertz CT molecular complexity index is 860. The van der Waals surface area contributed by atoms with Crippen molar-refractivity contribution in [3.63, 3.8) is 0 Å². The van der Waals surface area contributed by atoms with Crippen molar-refractivity contribution in [2.24, 2.45) is 0 Å². The third-order valence-corrected chi connectivity index (χ3v) is 5.95. The van der Waals surface area contributed by atoms with E-state index < -0.39 is 0 Å². The molecule has 0 radical (unpaired) electrons. The van der Waals surface area contributed by atoms with Crippen molar-refractivity contribution in [2.45, 2.75) is 31.7 Å². The first-order valence-electron chi connectivity index (χ1n) is 9.41. The Kier molecular flexibility index (Phi) is 5.31. The van der Waals surface area contributed by atoms with Crippen molar-refractivity contribution < 1.29 is 0 Å². The van der Waals surface area contributed by atoms with Crippen LogP contribution >= 0.6 is 11.8 Å². The molecular formula is C20H27N5S. The summed E-state index contributed by atoms with van der Waals surface area (Å²) in [7, 11) is 2.20. The summed E-state index contributed by atoms with van der Waals surface area (Å²) in [5, 5.41) is 6.21. The number of hydrogen-bond acceptors (Lipinski definition) is 4. The van der Waals surface area contributed by atoms with Gasteiger partial charge in [-0.25, -0.2) is 9.67 Å². The second-order valence-electron chi connectivity index (χ2n) is 7.20. The number of piperidine rings is 1. The molecule has 3 aromatic rings. The summed E-state index contributed by atoms with van der Waals surface area (Å²) in [6.45, 7) is 2.27. The number of nitrogens with zero attached hydrogens (tertiary/aromatic N) is 4. The maximum Gasteiger partial charge on any atom is 0.151 e. The van der Waals surface area contributed by atoms with E-state index in [0.717, 1.165) is 56.2 Å². The number of aryl methyl sites for hydroxylation is 1. The molecule has 0 unspecified atom stereocenters. The van der Waals surface area contributed by atoms with Gasteiger partial charge in [0.15, 0.2) is 5.82 Å². The summed E-state index contributed by atoms with van der Waals surface area (Å²) >= 11 is 1.85. The molecule has 1 aliphatic rings. The molecule has 2 aromatic heterocycles. The van der Waals surface area contributed by atoms with E-state index >= 15 is 0 Å². The van der Waals surface area contributed by atoms with Crippen molar-refractivity contribution in [2.75, 3.05) is 32.1 Å². The zero-order valence-electron chi connectivity index (χ0n) is 15.6. The van der Waals surface area contributed by atoms with Gasteiger partial charge in [-0.3, -0.25) is 0 Å². The predicted molar refractivity (Wildman–Crippen MR) is 109 cm³/mol. The summed E-state index contributed by atoms with van der Waals surface area (Å²) in [4.78, 5) is 10.7. The van der Waals surface area contributed by atoms with Gasteiger partial charge in [0.1, 0.15) is 5.82 Å². The molecule has 1 saturated heterocycles. The van der Waals surface area contributed by atoms with Crippen LogP contribution in [0.25, 0.3) is 10.9 Å². The quantitative estimate of drug-likeness (QED) is 0.722. The van der Waals surface area contributed by atoms with Crippen LogP contribution in [0.15, 0.2) is 30.5 Å². The number of thioether (sulfide) groups is 1. The molecule has 3 heterocycles. The highest BCUT2D eigenvalue weighted by atomic mass is 32.2. The fourth-order valence-corrected chi connectivity index (χ4v) is 4.19. The normalized spacial score (nSPS) is 16.5. The minimum atomic E-state index is 0.474. The van der Waals surface area contributed by atoms with Crippen LogP contribution in [0.5, 0.6) is 0 Å². The van der Waals surface area contributed by atoms with Gasteiger partial charge in [-0.15, -0.1) is 0 Å². The number of rotatable bonds is 6. The van der Waals surface area contributed by atoms with E-state index in [-0.39, 0.29) is 0 Å². The number of fused-ring (bicyclic) bond motifs is 1. The maximum absolute atomic E-state index is 4.93. The highest BCUT2D eigenvalue weighted by Crippen LogP contribution is 2.26. The van der Waals surface area contributed by atoms with E-state index in [4.69, 9.17) is 10.1 Å². The first-order valence-corrected chi connectivity index (χ1v) is 10.8. The molecular weight excluding hydrogens is 342 g/mol. The van der Waals surface area contributed by atoms with Crippen molar-refractivity contribution in [1.82, 2.24) is 24.6 Å². The molecule has 26 heavy (non-hydrogen) atoms. The Morgan fingerprint density at radius 3 is 2.85 bits per heavy atom. The first-order chi connectivity index (χ1) is 12.7. The molecule has 0 spiro atoms. The highest BCUT2D eigenvalue weighted by molar-refractivity contribution is 7.98. The SMILES string of the molecule is CSCCc1nc(Cc2c[nH]c3ccccc23)n(C2CCN(C)CC2)n1. The molecule has 1 fully saturated rings. The van der Waals surface area contributed by atoms with Gasteiger partial charge in [-0.05, 0) is 50.9 Å². The number of para-hydroxylation sites is 1. The average Bonchev–Trinajstić information content (AvgIpc) is 3.26. The number of benzene rings is 1. The molecule has 0 bridgehead atoms. The van der Waals surface area contributed by atoms with Crippen LogP contribution in [0.1, 0.15) is 36.1 Å². The lowest BCUT2D eigenvalue weighted by Crippen LogP contribution is -2.32. The van der Waals surface area contributed by atoms with Crippen LogP contribution in [0, 0.1) is 0 Å². The van der Waals surface area contributed by atoms with Gasteiger partial charge in [0.05, 0.1) is 6.04 Å². The Morgan fingerprint density at radius 2 is 2.04 bits per heavy atom. The molecule has 138 valence electrons. The van der Waals surface area contributed by atoms with Gasteiger partial charge in [0.25, 0.3) is 0 Å². The number of aromatic nitrogens is 4. The lowest BCUT2D eigenvalue weighted by atomic mass is 10.1. The number of H-pyrrole nitrogens is 1. The van der Waals surface area contributed by atoms with E-state index in [1.165, 1.54) is 16.5 Å². The number of nitrogens with one attached hydrogen (secondary N) is 1. The van der Waals surface area contributed by atoms with Crippen LogP contribution in [-0.4, -0.2) is 56.8 Å². The first kappa shape index (κ1) is 17.6. The van der Waals surface area contributed by atoms with Gasteiger partial charge in [0.2, 0.25) is 0 Å². The topological polar surface area (TPSA) is 49.7 Å². The van der Waals surface area contributed by atoms with Gasteiger partial charge >= 0.3 is 0 Å². The fourth-order valence-electron chi connectivity index (χ4n) is 3.80. The average molecular weight is 370 g/mol. The van der Waals surface area contributed by atoms with Crippen molar-refractivity contribution in [3.8, 4) is 0 Å². The summed E-state index contributed by atoms with van der Waals surface area (Å²) < 4.78 is 2.24. The van der Waals surface area contributed by atoms with Crippen molar-refractivity contribution in [1.29, 1.82) is 0 Å². The summed E-state index contributed by atoms with van der Waals surface area (Å²) in [5.74, 6) is 3.18. The zero-order chi connectivity index (χ0) is 17.9. The van der Waals surface area contributed by atoms with Crippen LogP contribution in [-0.2, 0) is 12.8 Å². The molecule has 1 aliphatic heterocycles. The Balaban J connectivity index is 1.63. The molecule has 0 aliphatic carbocycles. The minimum Gasteiger partial charge on any atom is -0.361 e. The lowest BCUT2D eigenvalue weighted by molar-refractivity contribution is 0.209. The number of hydrogen-bond donors (Lipinski definition) is 1. The maximum atomic E-state index is 4.93. The van der Waals surface area contributed by atoms with E-state index in [1.807, 2.05) is 11.8 Å². The van der Waals surface area contributed by atoms with Gasteiger partial charge in [0, 0.05) is 35.7 Å². The predicted octanol–water partition coefficient (Wildman–Crippen LogP) is 3.52. The molecule has 4 rings (SSSR count). The molecule has 6 heteroatoms. The summed E-state index contributed by atoms with van der Waals surface area (Å²) in [5.41, 5.74) is 2.49. The third-order valence-electron chi connectivity index (χ3n) is 5.33. The Labute approximate surface area is 159 Å². The largest absolute Gasteiger partial charge is 0.361 e. The third kappa shape index (κ3) is 3.67. The van der Waals surface area contributed by atoms with E-state index in [2.05, 4.69) is 58.3 Å². The standard InChI is InChI=1S/C20H27N5S/c1-24-10-7-16(8-11-24)25-20(22-19(23-25)9-12-26-2)13-15-14-21-18-6-4-3-5-17(15)18/h3-6,14,16,21H,7-13H2,1-2H3. The van der Waals surface area contributed by atoms with Crippen LogP contribution in [0.3, 0.4) is 0 Å². The van der Waals surface area contributed by atoms with Gasteiger partial charge < -0.3 is 9.88 Å². The second-order valence-corrected chi connectivity index (χ2v) is 8.19.